The molecule has 2 N–H and O–H groups in total. The maximum absolute atomic E-state index is 11.8. The Morgan fingerprint density at radius 2 is 2.56 bits per heavy atom. The van der Waals surface area contributed by atoms with Gasteiger partial charge in [0.05, 0.1) is 30.0 Å². The number of aryl methyl sites for hydroxylation is 1. The number of aliphatic hydroxyl groups excluding tert-OH is 1. The molecule has 2 atom stereocenters. The van der Waals surface area contributed by atoms with Gasteiger partial charge in [0.1, 0.15) is 4.88 Å². The van der Waals surface area contributed by atoms with E-state index in [0.717, 1.165) is 5.69 Å². The minimum Gasteiger partial charge on any atom is -0.389 e. The van der Waals surface area contributed by atoms with Gasteiger partial charge in [0.25, 0.3) is 5.91 Å². The summed E-state index contributed by atoms with van der Waals surface area (Å²) in [5.74, 6) is -0.161. The van der Waals surface area contributed by atoms with Gasteiger partial charge in [0, 0.05) is 6.61 Å². The van der Waals surface area contributed by atoms with E-state index in [4.69, 9.17) is 4.74 Å². The largest absolute Gasteiger partial charge is 0.389 e. The molecule has 88 valence electrons. The van der Waals surface area contributed by atoms with Crippen LogP contribution in [0.3, 0.4) is 0 Å². The molecule has 0 radical (unpaired) electrons. The molecule has 1 aliphatic rings. The summed E-state index contributed by atoms with van der Waals surface area (Å²) in [7, 11) is 0. The molecule has 0 saturated carbocycles. The zero-order chi connectivity index (χ0) is 11.5. The molecule has 1 fully saturated rings. The fourth-order valence-electron chi connectivity index (χ4n) is 1.65. The topological polar surface area (TPSA) is 71.5 Å². The second-order valence-electron chi connectivity index (χ2n) is 3.78. The van der Waals surface area contributed by atoms with E-state index in [-0.39, 0.29) is 18.6 Å². The van der Waals surface area contributed by atoms with Crippen molar-refractivity contribution >= 4 is 17.2 Å². The number of rotatable bonds is 2. The van der Waals surface area contributed by atoms with Gasteiger partial charge in [0.15, 0.2) is 0 Å². The molecule has 0 spiro atoms. The first kappa shape index (κ1) is 11.5. The van der Waals surface area contributed by atoms with Gasteiger partial charge >= 0.3 is 0 Å². The Bertz CT molecular complexity index is 380. The van der Waals surface area contributed by atoms with Crippen LogP contribution in [-0.4, -0.2) is 41.4 Å². The van der Waals surface area contributed by atoms with Crippen LogP contribution < -0.4 is 5.32 Å². The van der Waals surface area contributed by atoms with Gasteiger partial charge in [-0.05, 0) is 13.3 Å². The lowest BCUT2D eigenvalue weighted by molar-refractivity contribution is -0.0260. The fraction of sp³-hybridized carbons (Fsp3) is 0.600. The minimum atomic E-state index is -0.620. The van der Waals surface area contributed by atoms with E-state index in [9.17, 15) is 9.90 Å². The standard InChI is InChI=1S/C10H14N2O3S/c1-6-9(16-5-11-6)10(14)12-7-2-3-15-4-8(7)13/h5,7-8,13H,2-4H2,1H3,(H,12,14)/t7-,8-/m0/s1. The van der Waals surface area contributed by atoms with E-state index in [1.54, 1.807) is 12.4 Å². The highest BCUT2D eigenvalue weighted by Gasteiger charge is 2.26. The monoisotopic (exact) mass is 242 g/mol. The first-order chi connectivity index (χ1) is 7.68. The predicted molar refractivity (Wildman–Crippen MR) is 59.5 cm³/mol. The highest BCUT2D eigenvalue weighted by Crippen LogP contribution is 2.14. The summed E-state index contributed by atoms with van der Waals surface area (Å²) in [4.78, 5) is 16.5. The highest BCUT2D eigenvalue weighted by molar-refractivity contribution is 7.11. The summed E-state index contributed by atoms with van der Waals surface area (Å²) in [6.07, 6.45) is 0.0241. The molecular weight excluding hydrogens is 228 g/mol. The highest BCUT2D eigenvalue weighted by atomic mass is 32.1. The number of nitrogens with zero attached hydrogens (tertiary/aromatic N) is 1. The number of nitrogens with one attached hydrogen (secondary N) is 1. The van der Waals surface area contributed by atoms with Crippen molar-refractivity contribution in [2.75, 3.05) is 13.2 Å². The SMILES string of the molecule is Cc1ncsc1C(=O)N[C@H]1CCOC[C@@H]1O. The molecule has 6 heteroatoms. The van der Waals surface area contributed by atoms with Crippen molar-refractivity contribution in [1.29, 1.82) is 0 Å². The van der Waals surface area contributed by atoms with E-state index in [0.29, 0.717) is 17.9 Å². The van der Waals surface area contributed by atoms with Gasteiger partial charge in [-0.2, -0.15) is 0 Å². The first-order valence-electron chi connectivity index (χ1n) is 5.15. The molecule has 1 aliphatic heterocycles. The number of hydrogen-bond donors (Lipinski definition) is 2. The number of carbonyl (C=O) groups excluding carboxylic acids is 1. The molecule has 2 rings (SSSR count). The summed E-state index contributed by atoms with van der Waals surface area (Å²) in [5, 5.41) is 12.4. The third-order valence-electron chi connectivity index (χ3n) is 2.59. The second kappa shape index (κ2) is 4.90. The summed E-state index contributed by atoms with van der Waals surface area (Å²) in [6.45, 7) is 2.65. The summed E-state index contributed by atoms with van der Waals surface area (Å²) < 4.78 is 5.10. The summed E-state index contributed by atoms with van der Waals surface area (Å²) in [5.41, 5.74) is 2.37. The summed E-state index contributed by atoms with van der Waals surface area (Å²) in [6, 6.07) is -0.220. The average Bonchev–Trinajstić information content (AvgIpc) is 2.68. The Labute approximate surface area is 97.5 Å². The Hall–Kier alpha value is -0.980. The molecule has 5 nitrogen and oxygen atoms in total. The van der Waals surface area contributed by atoms with Crippen molar-refractivity contribution in [3.63, 3.8) is 0 Å². The van der Waals surface area contributed by atoms with E-state index in [2.05, 4.69) is 10.3 Å². The molecule has 0 bridgehead atoms. The van der Waals surface area contributed by atoms with Crippen LogP contribution in [-0.2, 0) is 4.74 Å². The molecule has 1 aromatic heterocycles. The lowest BCUT2D eigenvalue weighted by atomic mass is 10.1. The summed E-state index contributed by atoms with van der Waals surface area (Å²) >= 11 is 1.31. The fourth-order valence-corrected chi connectivity index (χ4v) is 2.35. The van der Waals surface area contributed by atoms with Crippen molar-refractivity contribution in [2.24, 2.45) is 0 Å². The smallest absolute Gasteiger partial charge is 0.263 e. The van der Waals surface area contributed by atoms with Gasteiger partial charge in [-0.1, -0.05) is 0 Å². The number of thiazole rings is 1. The second-order valence-corrected chi connectivity index (χ2v) is 4.63. The van der Waals surface area contributed by atoms with Gasteiger partial charge in [-0.15, -0.1) is 11.3 Å². The number of aromatic nitrogens is 1. The number of carbonyl (C=O) groups is 1. The molecule has 0 aliphatic carbocycles. The van der Waals surface area contributed by atoms with Crippen LogP contribution in [0.25, 0.3) is 0 Å². The van der Waals surface area contributed by atoms with E-state index >= 15 is 0 Å². The lowest BCUT2D eigenvalue weighted by Crippen LogP contribution is -2.48. The van der Waals surface area contributed by atoms with Crippen molar-refractivity contribution < 1.29 is 14.6 Å². The maximum atomic E-state index is 11.8. The van der Waals surface area contributed by atoms with Crippen LogP contribution >= 0.6 is 11.3 Å². The van der Waals surface area contributed by atoms with Crippen LogP contribution in [0.2, 0.25) is 0 Å². The number of amides is 1. The molecule has 0 unspecified atom stereocenters. The van der Waals surface area contributed by atoms with Crippen LogP contribution in [0, 0.1) is 6.92 Å². The molecule has 2 heterocycles. The van der Waals surface area contributed by atoms with Crippen LogP contribution in [0.4, 0.5) is 0 Å². The van der Waals surface area contributed by atoms with Crippen LogP contribution in [0.15, 0.2) is 5.51 Å². The zero-order valence-electron chi connectivity index (χ0n) is 8.97. The number of hydrogen-bond acceptors (Lipinski definition) is 5. The molecule has 16 heavy (non-hydrogen) atoms. The zero-order valence-corrected chi connectivity index (χ0v) is 9.79. The van der Waals surface area contributed by atoms with Crippen molar-refractivity contribution in [2.45, 2.75) is 25.5 Å². The van der Waals surface area contributed by atoms with Crippen LogP contribution in [0.1, 0.15) is 21.8 Å². The predicted octanol–water partition coefficient (Wildman–Crippen LogP) is 0.331. The third kappa shape index (κ3) is 2.40. The Balaban J connectivity index is 1.99. The number of ether oxygens (including phenoxy) is 1. The van der Waals surface area contributed by atoms with Gasteiger partial charge in [-0.25, -0.2) is 4.98 Å². The van der Waals surface area contributed by atoms with E-state index < -0.39 is 6.10 Å². The van der Waals surface area contributed by atoms with Crippen molar-refractivity contribution in [3.8, 4) is 0 Å². The molecule has 1 amide bonds. The van der Waals surface area contributed by atoms with Gasteiger partial charge < -0.3 is 15.2 Å². The minimum absolute atomic E-state index is 0.161. The Morgan fingerprint density at radius 1 is 1.75 bits per heavy atom. The van der Waals surface area contributed by atoms with Gasteiger partial charge in [0.2, 0.25) is 0 Å². The normalized spacial score (nSPS) is 25.4. The molecule has 1 saturated heterocycles. The average molecular weight is 242 g/mol. The molecular formula is C10H14N2O3S. The third-order valence-corrected chi connectivity index (χ3v) is 3.52. The van der Waals surface area contributed by atoms with Crippen molar-refractivity contribution in [1.82, 2.24) is 10.3 Å². The maximum Gasteiger partial charge on any atom is 0.263 e. The van der Waals surface area contributed by atoms with E-state index in [1.807, 2.05) is 0 Å². The quantitative estimate of drug-likeness (QED) is 0.784. The van der Waals surface area contributed by atoms with E-state index in [1.165, 1.54) is 11.3 Å². The lowest BCUT2D eigenvalue weighted by Gasteiger charge is -2.28. The molecule has 0 aromatic carbocycles. The van der Waals surface area contributed by atoms with Gasteiger partial charge in [-0.3, -0.25) is 4.79 Å². The number of aliphatic hydroxyl groups is 1. The molecule has 1 aromatic rings. The Kier molecular flexibility index (Phi) is 3.52. The Morgan fingerprint density at radius 3 is 3.19 bits per heavy atom. The first-order valence-corrected chi connectivity index (χ1v) is 6.03. The van der Waals surface area contributed by atoms with Crippen molar-refractivity contribution in [3.05, 3.63) is 16.1 Å². The van der Waals surface area contributed by atoms with Crippen LogP contribution in [0.5, 0.6) is 0 Å².